The second-order valence-electron chi connectivity index (χ2n) is 11.6. The molecule has 2 nitrogen and oxygen atoms in total. The zero-order valence-corrected chi connectivity index (χ0v) is 31.5. The van der Waals surface area contributed by atoms with Crippen LogP contribution in [0.4, 0.5) is 0 Å². The molecular weight excluding hydrogens is 559 g/mol. The van der Waals surface area contributed by atoms with Gasteiger partial charge in [-0.3, -0.25) is 0 Å². The highest BCUT2D eigenvalue weighted by atomic mass is 32.2. The first kappa shape index (κ1) is 44.7. The summed E-state index contributed by atoms with van der Waals surface area (Å²) in [6.07, 6.45) is 24.9. The second kappa shape index (κ2) is 28.0. The predicted octanol–water partition coefficient (Wildman–Crippen LogP) is 12.7. The van der Waals surface area contributed by atoms with Gasteiger partial charge in [0.1, 0.15) is 11.1 Å². The lowest BCUT2D eigenvalue weighted by atomic mass is 9.67. The van der Waals surface area contributed by atoms with Crippen LogP contribution in [-0.2, 0) is 4.79 Å². The maximum absolute atomic E-state index is 8.00. The fourth-order valence-corrected chi connectivity index (χ4v) is 6.50. The zero-order valence-electron chi connectivity index (χ0n) is 29.1. The first-order chi connectivity index (χ1) is 19.5. The van der Waals surface area contributed by atoms with E-state index in [1.165, 1.54) is 69.1 Å². The largest absolute Gasteiger partial charge is 0.310 e. The average molecular weight is 626 g/mol. The maximum atomic E-state index is 8.00. The summed E-state index contributed by atoms with van der Waals surface area (Å²) in [5.74, 6) is 2.55. The minimum absolute atomic E-state index is 0.105. The van der Waals surface area contributed by atoms with E-state index in [-0.39, 0.29) is 4.75 Å². The Morgan fingerprint density at radius 3 is 1.88 bits per heavy atom. The van der Waals surface area contributed by atoms with E-state index in [0.29, 0.717) is 17.3 Å². The lowest BCUT2D eigenvalue weighted by molar-refractivity contribution is -0.0980. The molecule has 1 heterocycles. The van der Waals surface area contributed by atoms with E-state index < -0.39 is 0 Å². The maximum Gasteiger partial charge on any atom is 0.144 e. The lowest BCUT2D eigenvalue weighted by Crippen LogP contribution is -2.35. The third-order valence-corrected chi connectivity index (χ3v) is 10.1. The quantitative estimate of drug-likeness (QED) is 0.170. The first-order valence-corrected chi connectivity index (χ1v) is 18.6. The Labute approximate surface area is 271 Å². The topological polar surface area (TPSA) is 22.0 Å². The zero-order chi connectivity index (χ0) is 32.3. The van der Waals surface area contributed by atoms with Gasteiger partial charge in [-0.05, 0) is 73.5 Å². The molecule has 0 bridgehead atoms. The van der Waals surface area contributed by atoms with Crippen LogP contribution >= 0.6 is 35.7 Å². The molecule has 1 aromatic rings. The lowest BCUT2D eigenvalue weighted by Gasteiger charge is -2.41. The molecule has 2 atom stereocenters. The van der Waals surface area contributed by atoms with Crippen molar-refractivity contribution in [3.05, 3.63) is 48.3 Å². The molecule has 41 heavy (non-hydrogen) atoms. The van der Waals surface area contributed by atoms with Crippen molar-refractivity contribution in [2.75, 3.05) is 12.0 Å². The monoisotopic (exact) mass is 625 g/mol. The van der Waals surface area contributed by atoms with Crippen LogP contribution in [0.2, 0.25) is 0 Å². The highest BCUT2D eigenvalue weighted by molar-refractivity contribution is 8.23. The molecule has 0 saturated carbocycles. The van der Waals surface area contributed by atoms with Crippen molar-refractivity contribution >= 4 is 46.9 Å². The van der Waals surface area contributed by atoms with E-state index in [1.54, 1.807) is 0 Å². The van der Waals surface area contributed by atoms with Gasteiger partial charge in [0.05, 0.1) is 0 Å². The van der Waals surface area contributed by atoms with Gasteiger partial charge in [-0.15, -0.1) is 0 Å². The molecule has 5 heteroatoms. The standard InChI is InChI=1S/C23H35NS2.C5H12S.C5H12.C2H6.CH2O/c1-18(2)23(6,17-20-12-8-7-9-13-20)16-19(3)22(4,5)26-21(25)24-14-10-11-15-24;1-3-4-5-6-2;1-3-5-4-2;2*1-2/h8,10-15,18-19H,7,9,16-17H2,1-6H3;3-5H2,1-2H3;3-5H2,1-2H3;1-2H3;1H2. The minimum Gasteiger partial charge on any atom is -0.310 e. The molecule has 0 radical (unpaired) electrons. The van der Waals surface area contributed by atoms with Gasteiger partial charge < -0.3 is 9.36 Å². The van der Waals surface area contributed by atoms with Gasteiger partial charge in [0.15, 0.2) is 0 Å². The Balaban J connectivity index is -0.000000800. The number of allylic oxidation sites excluding steroid dienone is 4. The molecule has 240 valence electrons. The van der Waals surface area contributed by atoms with E-state index in [9.17, 15) is 0 Å². The van der Waals surface area contributed by atoms with Crippen molar-refractivity contribution in [1.29, 1.82) is 0 Å². The number of hydrogen-bond donors (Lipinski definition) is 0. The summed E-state index contributed by atoms with van der Waals surface area (Å²) in [5, 5.41) is 0. The fraction of sp³-hybridized carbons (Fsp3) is 0.722. The van der Waals surface area contributed by atoms with Crippen LogP contribution < -0.4 is 0 Å². The molecule has 0 aliphatic heterocycles. The van der Waals surface area contributed by atoms with Gasteiger partial charge in [0.25, 0.3) is 0 Å². The second-order valence-corrected chi connectivity index (χ2v) is 14.9. The Hall–Kier alpha value is -0.780. The molecular formula is C36H67NOS3. The number of aromatic nitrogens is 1. The molecule has 2 rings (SSSR count). The number of rotatable bonds is 12. The van der Waals surface area contributed by atoms with Crippen molar-refractivity contribution in [2.45, 2.75) is 139 Å². The summed E-state index contributed by atoms with van der Waals surface area (Å²) in [4.78, 5) is 8.00. The van der Waals surface area contributed by atoms with Gasteiger partial charge in [-0.2, -0.15) is 11.8 Å². The fourth-order valence-electron chi connectivity index (χ4n) is 4.20. The molecule has 1 aliphatic carbocycles. The van der Waals surface area contributed by atoms with Crippen molar-refractivity contribution in [3.63, 3.8) is 0 Å². The van der Waals surface area contributed by atoms with Crippen LogP contribution in [0.3, 0.4) is 0 Å². The Morgan fingerprint density at radius 1 is 0.976 bits per heavy atom. The number of nitrogens with zero attached hydrogens (tertiary/aromatic N) is 1. The summed E-state index contributed by atoms with van der Waals surface area (Å²) in [6.45, 7) is 27.0. The number of unbranched alkanes of at least 4 members (excludes halogenated alkanes) is 3. The number of thiocarbonyl (C=S) groups is 1. The number of hydrogen-bond acceptors (Lipinski definition) is 4. The predicted molar refractivity (Wildman–Crippen MR) is 199 cm³/mol. The third-order valence-electron chi connectivity index (χ3n) is 7.61. The van der Waals surface area contributed by atoms with Gasteiger partial charge in [-0.1, -0.05) is 150 Å². The van der Waals surface area contributed by atoms with Gasteiger partial charge in [0.2, 0.25) is 0 Å². The number of carbonyl (C=O) groups excluding carboxylic acids is 1. The van der Waals surface area contributed by atoms with Crippen LogP contribution in [0.5, 0.6) is 0 Å². The molecule has 0 amide bonds. The van der Waals surface area contributed by atoms with Crippen molar-refractivity contribution < 1.29 is 4.79 Å². The van der Waals surface area contributed by atoms with Crippen molar-refractivity contribution in [3.8, 4) is 0 Å². The van der Waals surface area contributed by atoms with Crippen LogP contribution in [0.15, 0.2) is 48.3 Å². The summed E-state index contributed by atoms with van der Waals surface area (Å²) >= 11 is 9.43. The molecule has 0 N–H and O–H groups in total. The van der Waals surface area contributed by atoms with E-state index >= 15 is 0 Å². The van der Waals surface area contributed by atoms with Crippen molar-refractivity contribution in [2.24, 2.45) is 17.3 Å². The normalized spacial score (nSPS) is 14.3. The number of carbonyl (C=O) groups is 1. The van der Waals surface area contributed by atoms with Crippen molar-refractivity contribution in [1.82, 2.24) is 4.57 Å². The first-order valence-electron chi connectivity index (χ1n) is 16.0. The summed E-state index contributed by atoms with van der Waals surface area (Å²) in [7, 11) is 0. The van der Waals surface area contributed by atoms with Crippen LogP contribution in [0.25, 0.3) is 0 Å². The van der Waals surface area contributed by atoms with Gasteiger partial charge in [-0.25, -0.2) is 0 Å². The van der Waals surface area contributed by atoms with Gasteiger partial charge in [0, 0.05) is 17.1 Å². The molecule has 0 fully saturated rings. The minimum atomic E-state index is 0.105. The Morgan fingerprint density at radius 2 is 1.51 bits per heavy atom. The van der Waals surface area contributed by atoms with Crippen LogP contribution in [-0.4, -0.2) is 32.4 Å². The van der Waals surface area contributed by atoms with E-state index in [1.807, 2.05) is 73.3 Å². The van der Waals surface area contributed by atoms with E-state index in [2.05, 4.69) is 86.8 Å². The highest BCUT2D eigenvalue weighted by Crippen LogP contribution is 2.46. The van der Waals surface area contributed by atoms with E-state index in [4.69, 9.17) is 17.0 Å². The van der Waals surface area contributed by atoms with Crippen LogP contribution in [0, 0.1) is 17.3 Å². The highest BCUT2D eigenvalue weighted by Gasteiger charge is 2.37. The van der Waals surface area contributed by atoms with Crippen LogP contribution in [0.1, 0.15) is 134 Å². The summed E-state index contributed by atoms with van der Waals surface area (Å²) in [6, 6.07) is 4.06. The molecule has 1 aliphatic rings. The molecule has 1 aromatic heterocycles. The molecule has 0 aromatic carbocycles. The van der Waals surface area contributed by atoms with E-state index in [0.717, 1.165) is 4.32 Å². The average Bonchev–Trinajstić information content (AvgIpc) is 3.51. The Bertz CT molecular complexity index is 777. The van der Waals surface area contributed by atoms with Gasteiger partial charge >= 0.3 is 0 Å². The Kier molecular flexibility index (Phi) is 30.5. The number of thioether (sulfide) groups is 2. The third kappa shape index (κ3) is 21.5. The molecule has 2 unspecified atom stereocenters. The SMILES string of the molecule is C=O.CC.CC(C)C(C)(CC1=CCCC=C1)CC(C)C(C)(C)SC(=S)n1cccc1.CCCCC.CCCCSC. The smallest absolute Gasteiger partial charge is 0.144 e. The summed E-state index contributed by atoms with van der Waals surface area (Å²) in [5.41, 5.74) is 1.83. The molecule has 0 spiro atoms. The molecule has 0 saturated heterocycles. The summed E-state index contributed by atoms with van der Waals surface area (Å²) < 4.78 is 3.10.